The summed E-state index contributed by atoms with van der Waals surface area (Å²) < 4.78 is 40.4. The fraction of sp³-hybridized carbons (Fsp3) is 0.176. The van der Waals surface area contributed by atoms with Gasteiger partial charge in [-0.3, -0.25) is 4.98 Å². The van der Waals surface area contributed by atoms with Gasteiger partial charge in [0.05, 0.1) is 16.9 Å². The van der Waals surface area contributed by atoms with E-state index < -0.39 is 11.7 Å². The molecule has 0 fully saturated rings. The van der Waals surface area contributed by atoms with Crippen molar-refractivity contribution < 1.29 is 13.2 Å². The van der Waals surface area contributed by atoms with Gasteiger partial charge in [0.25, 0.3) is 0 Å². The molecule has 3 rings (SSSR count). The smallest absolute Gasteiger partial charge is 0.387 e. The standard InChI is InChI=1S/C17H15F3N4/c1-21-14-7-12(8-22-9-14)16-23-15(10-24(16)2)11-4-3-5-13(6-11)17(18,19)20/h3-10,21H,1-2H3. The number of benzene rings is 1. The molecule has 2 aromatic heterocycles. The Morgan fingerprint density at radius 1 is 1.08 bits per heavy atom. The van der Waals surface area contributed by atoms with Crippen LogP contribution in [0.2, 0.25) is 0 Å². The van der Waals surface area contributed by atoms with Gasteiger partial charge in [0, 0.05) is 43.8 Å². The Morgan fingerprint density at radius 3 is 2.58 bits per heavy atom. The summed E-state index contributed by atoms with van der Waals surface area (Å²) in [5.41, 5.74) is 1.82. The van der Waals surface area contributed by atoms with Crippen molar-refractivity contribution >= 4 is 5.69 Å². The third-order valence-corrected chi connectivity index (χ3v) is 3.65. The van der Waals surface area contributed by atoms with Crippen molar-refractivity contribution in [1.29, 1.82) is 0 Å². The maximum absolute atomic E-state index is 12.9. The van der Waals surface area contributed by atoms with Crippen molar-refractivity contribution in [3.63, 3.8) is 0 Å². The molecule has 0 saturated heterocycles. The van der Waals surface area contributed by atoms with Crippen LogP contribution in [-0.2, 0) is 13.2 Å². The summed E-state index contributed by atoms with van der Waals surface area (Å²) in [6, 6.07) is 7.03. The zero-order valence-corrected chi connectivity index (χ0v) is 13.1. The number of hydrogen-bond acceptors (Lipinski definition) is 3. The lowest BCUT2D eigenvalue weighted by molar-refractivity contribution is -0.137. The summed E-state index contributed by atoms with van der Waals surface area (Å²) in [5, 5.41) is 2.99. The van der Waals surface area contributed by atoms with Crippen LogP contribution >= 0.6 is 0 Å². The average Bonchev–Trinajstić information content (AvgIpc) is 2.96. The Balaban J connectivity index is 2.03. The first-order valence-electron chi connectivity index (χ1n) is 7.22. The topological polar surface area (TPSA) is 42.7 Å². The van der Waals surface area contributed by atoms with Crippen molar-refractivity contribution in [2.24, 2.45) is 7.05 Å². The third-order valence-electron chi connectivity index (χ3n) is 3.65. The van der Waals surface area contributed by atoms with Gasteiger partial charge in [0.15, 0.2) is 0 Å². The highest BCUT2D eigenvalue weighted by Crippen LogP contribution is 2.32. The first-order chi connectivity index (χ1) is 11.4. The number of alkyl halides is 3. The molecule has 0 bridgehead atoms. The normalized spacial score (nSPS) is 11.5. The molecule has 0 spiro atoms. The number of rotatable bonds is 3. The summed E-state index contributed by atoms with van der Waals surface area (Å²) in [5.74, 6) is 0.631. The zero-order chi connectivity index (χ0) is 17.3. The van der Waals surface area contributed by atoms with Gasteiger partial charge in [-0.25, -0.2) is 4.98 Å². The van der Waals surface area contributed by atoms with E-state index in [1.54, 1.807) is 43.3 Å². The minimum absolute atomic E-state index is 0.421. The maximum atomic E-state index is 12.9. The molecule has 2 heterocycles. The van der Waals surface area contributed by atoms with Crippen LogP contribution in [0.3, 0.4) is 0 Å². The lowest BCUT2D eigenvalue weighted by atomic mass is 10.1. The average molecular weight is 332 g/mol. The van der Waals surface area contributed by atoms with Gasteiger partial charge in [-0.1, -0.05) is 12.1 Å². The Morgan fingerprint density at radius 2 is 1.88 bits per heavy atom. The van der Waals surface area contributed by atoms with E-state index in [4.69, 9.17) is 0 Å². The van der Waals surface area contributed by atoms with Gasteiger partial charge in [-0.15, -0.1) is 0 Å². The van der Waals surface area contributed by atoms with Crippen molar-refractivity contribution in [3.05, 3.63) is 54.5 Å². The van der Waals surface area contributed by atoms with Crippen LogP contribution in [0.15, 0.2) is 48.9 Å². The molecule has 0 aliphatic carbocycles. The van der Waals surface area contributed by atoms with E-state index in [1.807, 2.05) is 6.07 Å². The van der Waals surface area contributed by atoms with Gasteiger partial charge >= 0.3 is 6.18 Å². The summed E-state index contributed by atoms with van der Waals surface area (Å²) in [6.45, 7) is 0. The second-order valence-corrected chi connectivity index (χ2v) is 5.35. The Labute approximate surface area is 137 Å². The van der Waals surface area contributed by atoms with E-state index >= 15 is 0 Å². The van der Waals surface area contributed by atoms with E-state index in [2.05, 4.69) is 15.3 Å². The van der Waals surface area contributed by atoms with E-state index in [0.29, 0.717) is 17.1 Å². The first kappa shape index (κ1) is 16.0. The number of anilines is 1. The predicted octanol–water partition coefficient (Wildman–Crippen LogP) is 4.21. The third kappa shape index (κ3) is 3.10. The molecule has 3 aromatic rings. The monoisotopic (exact) mass is 332 g/mol. The fourth-order valence-corrected chi connectivity index (χ4v) is 2.43. The van der Waals surface area contributed by atoms with Gasteiger partial charge in [-0.05, 0) is 18.2 Å². The number of imidazole rings is 1. The molecule has 7 heteroatoms. The molecule has 0 radical (unpaired) electrons. The highest BCUT2D eigenvalue weighted by atomic mass is 19.4. The van der Waals surface area contributed by atoms with Crippen LogP contribution in [0.5, 0.6) is 0 Å². The number of pyridine rings is 1. The van der Waals surface area contributed by atoms with Gasteiger partial charge in [0.1, 0.15) is 5.82 Å². The molecule has 124 valence electrons. The fourth-order valence-electron chi connectivity index (χ4n) is 2.43. The quantitative estimate of drug-likeness (QED) is 0.781. The second kappa shape index (κ2) is 5.99. The summed E-state index contributed by atoms with van der Waals surface area (Å²) in [6.07, 6.45) is 0.675. The SMILES string of the molecule is CNc1cncc(-c2nc(-c3cccc(C(F)(F)F)c3)cn2C)c1. The van der Waals surface area contributed by atoms with Crippen LogP contribution in [0.25, 0.3) is 22.6 Å². The van der Waals surface area contributed by atoms with Crippen LogP contribution < -0.4 is 5.32 Å². The molecule has 1 N–H and O–H groups in total. The predicted molar refractivity (Wildman–Crippen MR) is 86.4 cm³/mol. The van der Waals surface area contributed by atoms with Crippen LogP contribution in [0, 0.1) is 0 Å². The van der Waals surface area contributed by atoms with Crippen molar-refractivity contribution in [2.75, 3.05) is 12.4 Å². The van der Waals surface area contributed by atoms with E-state index in [-0.39, 0.29) is 0 Å². The minimum atomic E-state index is -4.38. The molecular weight excluding hydrogens is 317 g/mol. The lowest BCUT2D eigenvalue weighted by Crippen LogP contribution is -2.04. The maximum Gasteiger partial charge on any atom is 0.416 e. The highest BCUT2D eigenvalue weighted by molar-refractivity contribution is 5.67. The van der Waals surface area contributed by atoms with E-state index in [1.165, 1.54) is 6.07 Å². The molecule has 4 nitrogen and oxygen atoms in total. The van der Waals surface area contributed by atoms with Gasteiger partial charge < -0.3 is 9.88 Å². The lowest BCUT2D eigenvalue weighted by Gasteiger charge is -2.07. The summed E-state index contributed by atoms with van der Waals surface area (Å²) >= 11 is 0. The number of aromatic nitrogens is 3. The molecule has 24 heavy (non-hydrogen) atoms. The molecule has 0 atom stereocenters. The van der Waals surface area contributed by atoms with Gasteiger partial charge in [-0.2, -0.15) is 13.2 Å². The highest BCUT2D eigenvalue weighted by Gasteiger charge is 2.30. The zero-order valence-electron chi connectivity index (χ0n) is 13.1. The molecule has 0 unspecified atom stereocenters. The van der Waals surface area contributed by atoms with Crippen molar-refractivity contribution in [2.45, 2.75) is 6.18 Å². The summed E-state index contributed by atoms with van der Waals surface area (Å²) in [7, 11) is 3.58. The molecule has 0 aliphatic rings. The number of nitrogens with one attached hydrogen (secondary N) is 1. The number of halogens is 3. The Hall–Kier alpha value is -2.83. The largest absolute Gasteiger partial charge is 0.416 e. The van der Waals surface area contributed by atoms with E-state index in [0.717, 1.165) is 23.4 Å². The Kier molecular flexibility index (Phi) is 4.01. The number of aryl methyl sites for hydroxylation is 1. The van der Waals surface area contributed by atoms with Crippen molar-refractivity contribution in [3.8, 4) is 22.6 Å². The van der Waals surface area contributed by atoms with E-state index in [9.17, 15) is 13.2 Å². The van der Waals surface area contributed by atoms with Crippen molar-refractivity contribution in [1.82, 2.24) is 14.5 Å². The first-order valence-corrected chi connectivity index (χ1v) is 7.22. The molecular formula is C17H15F3N4. The summed E-state index contributed by atoms with van der Waals surface area (Å²) in [4.78, 5) is 8.61. The molecule has 0 saturated carbocycles. The number of hydrogen-bond donors (Lipinski definition) is 1. The van der Waals surface area contributed by atoms with Crippen LogP contribution in [0.4, 0.5) is 18.9 Å². The molecule has 1 aromatic carbocycles. The molecule has 0 aliphatic heterocycles. The number of nitrogens with zero attached hydrogens (tertiary/aromatic N) is 3. The van der Waals surface area contributed by atoms with Gasteiger partial charge in [0.2, 0.25) is 0 Å². The Bertz CT molecular complexity index is 868. The second-order valence-electron chi connectivity index (χ2n) is 5.35. The molecule has 0 amide bonds. The minimum Gasteiger partial charge on any atom is -0.387 e. The van der Waals surface area contributed by atoms with Crippen LogP contribution in [-0.4, -0.2) is 21.6 Å². The van der Waals surface area contributed by atoms with Crippen LogP contribution in [0.1, 0.15) is 5.56 Å².